The van der Waals surface area contributed by atoms with Crippen molar-refractivity contribution in [1.29, 1.82) is 0 Å². The molecule has 0 atom stereocenters. The van der Waals surface area contributed by atoms with E-state index in [0.29, 0.717) is 0 Å². The monoisotopic (exact) mass is 314 g/mol. The topological polar surface area (TPSA) is 51.6 Å². The van der Waals surface area contributed by atoms with E-state index in [9.17, 15) is 0 Å². The summed E-state index contributed by atoms with van der Waals surface area (Å²) in [4.78, 5) is 18.6. The summed E-state index contributed by atoms with van der Waals surface area (Å²) in [7, 11) is 0. The summed E-state index contributed by atoms with van der Waals surface area (Å²) >= 11 is 1.66. The maximum Gasteiger partial charge on any atom is 0.127 e. The number of aromatic nitrogens is 4. The maximum absolute atomic E-state index is 4.66. The molecule has 0 N–H and O–H groups in total. The zero-order chi connectivity index (χ0) is 15.2. The number of hydrogen-bond donors (Lipinski definition) is 0. The number of thiophene rings is 1. The molecule has 23 heavy (non-hydrogen) atoms. The molecule has 0 fully saturated rings. The van der Waals surface area contributed by atoms with Crippen molar-refractivity contribution in [3.63, 3.8) is 0 Å². The van der Waals surface area contributed by atoms with Gasteiger partial charge in [0.2, 0.25) is 0 Å². The van der Waals surface area contributed by atoms with Crippen LogP contribution in [0.5, 0.6) is 0 Å². The highest BCUT2D eigenvalue weighted by Gasteiger charge is 2.10. The zero-order valence-corrected chi connectivity index (χ0v) is 12.8. The summed E-state index contributed by atoms with van der Waals surface area (Å²) in [5.74, 6) is 0. The molecule has 0 saturated heterocycles. The predicted molar refractivity (Wildman–Crippen MR) is 93.5 cm³/mol. The fourth-order valence-corrected chi connectivity index (χ4v) is 3.89. The van der Waals surface area contributed by atoms with Gasteiger partial charge in [-0.05, 0) is 12.1 Å². The first-order valence-corrected chi connectivity index (χ1v) is 8.04. The van der Waals surface area contributed by atoms with E-state index in [1.807, 2.05) is 30.7 Å². The standard InChI is InChI=1S/C18H10N4S/c1-3-11-4-2-6-20-17(11)12(5-1)15-7-16-13(9-21-15)14-8-19-10-22-18(14)23-16/h1-10H. The minimum atomic E-state index is 0.932. The van der Waals surface area contributed by atoms with Gasteiger partial charge in [-0.1, -0.05) is 24.3 Å². The molecule has 0 aliphatic carbocycles. The van der Waals surface area contributed by atoms with Gasteiger partial charge in [0.1, 0.15) is 11.2 Å². The smallest absolute Gasteiger partial charge is 0.127 e. The van der Waals surface area contributed by atoms with Crippen LogP contribution in [0.1, 0.15) is 0 Å². The molecule has 0 unspecified atom stereocenters. The van der Waals surface area contributed by atoms with E-state index in [2.05, 4.69) is 44.2 Å². The van der Waals surface area contributed by atoms with Crippen molar-refractivity contribution >= 4 is 42.5 Å². The number of rotatable bonds is 1. The van der Waals surface area contributed by atoms with Crippen molar-refractivity contribution in [3.8, 4) is 11.3 Å². The molecule has 5 heteroatoms. The van der Waals surface area contributed by atoms with Gasteiger partial charge < -0.3 is 0 Å². The van der Waals surface area contributed by atoms with Gasteiger partial charge in [0.05, 0.1) is 11.2 Å². The van der Waals surface area contributed by atoms with Gasteiger partial charge in [0, 0.05) is 45.0 Å². The highest BCUT2D eigenvalue weighted by atomic mass is 32.1. The van der Waals surface area contributed by atoms with E-state index in [1.54, 1.807) is 17.7 Å². The molecule has 0 saturated carbocycles. The van der Waals surface area contributed by atoms with E-state index in [4.69, 9.17) is 0 Å². The van der Waals surface area contributed by atoms with Crippen LogP contribution in [0.2, 0.25) is 0 Å². The number of hydrogen-bond acceptors (Lipinski definition) is 5. The lowest BCUT2D eigenvalue weighted by Gasteiger charge is -2.05. The second-order valence-electron chi connectivity index (χ2n) is 5.29. The molecule has 5 aromatic rings. The quantitative estimate of drug-likeness (QED) is 0.458. The number of nitrogens with zero attached hydrogens (tertiary/aromatic N) is 4. The van der Waals surface area contributed by atoms with Gasteiger partial charge in [-0.15, -0.1) is 11.3 Å². The van der Waals surface area contributed by atoms with Crippen LogP contribution in [0.4, 0.5) is 0 Å². The number of para-hydroxylation sites is 1. The first-order valence-electron chi connectivity index (χ1n) is 7.22. The van der Waals surface area contributed by atoms with Crippen LogP contribution in [0.3, 0.4) is 0 Å². The second-order valence-corrected chi connectivity index (χ2v) is 6.32. The third-order valence-corrected chi connectivity index (χ3v) is 5.02. The third-order valence-electron chi connectivity index (χ3n) is 3.95. The van der Waals surface area contributed by atoms with Crippen LogP contribution in [0, 0.1) is 0 Å². The number of benzene rings is 1. The average molecular weight is 314 g/mol. The van der Waals surface area contributed by atoms with E-state index in [1.165, 1.54) is 4.70 Å². The van der Waals surface area contributed by atoms with E-state index >= 15 is 0 Å². The molecular formula is C18H10N4S. The molecule has 4 heterocycles. The van der Waals surface area contributed by atoms with Crippen LogP contribution in [-0.4, -0.2) is 19.9 Å². The average Bonchev–Trinajstić information content (AvgIpc) is 2.99. The highest BCUT2D eigenvalue weighted by Crippen LogP contribution is 2.34. The van der Waals surface area contributed by atoms with Crippen LogP contribution in [-0.2, 0) is 0 Å². The molecule has 0 bridgehead atoms. The van der Waals surface area contributed by atoms with Gasteiger partial charge in [0.25, 0.3) is 0 Å². The lowest BCUT2D eigenvalue weighted by molar-refractivity contribution is 1.24. The molecule has 0 aliphatic heterocycles. The molecule has 108 valence electrons. The van der Waals surface area contributed by atoms with Crippen LogP contribution in [0.15, 0.2) is 61.3 Å². The van der Waals surface area contributed by atoms with E-state index in [0.717, 1.165) is 37.8 Å². The Morgan fingerprint density at radius 2 is 1.83 bits per heavy atom. The minimum absolute atomic E-state index is 0.932. The van der Waals surface area contributed by atoms with Gasteiger partial charge in [-0.2, -0.15) is 0 Å². The summed E-state index contributed by atoms with van der Waals surface area (Å²) in [5.41, 5.74) is 2.96. The Bertz CT molecular complexity index is 1170. The molecule has 0 radical (unpaired) electrons. The largest absolute Gasteiger partial charge is 0.256 e. The van der Waals surface area contributed by atoms with Crippen molar-refractivity contribution in [2.45, 2.75) is 0 Å². The van der Waals surface area contributed by atoms with Crippen LogP contribution >= 0.6 is 11.3 Å². The number of pyridine rings is 2. The number of fused-ring (bicyclic) bond motifs is 4. The normalized spacial score (nSPS) is 11.5. The second kappa shape index (κ2) is 4.79. The molecule has 1 aromatic carbocycles. The Hall–Kier alpha value is -2.92. The van der Waals surface area contributed by atoms with Crippen LogP contribution < -0.4 is 0 Å². The maximum atomic E-state index is 4.66. The lowest BCUT2D eigenvalue weighted by Crippen LogP contribution is -1.87. The Morgan fingerprint density at radius 1 is 0.870 bits per heavy atom. The first kappa shape index (κ1) is 12.6. The SMILES string of the molecule is c1cnc2c(-c3cc4sc5ncncc5c4cn3)cccc2c1. The highest BCUT2D eigenvalue weighted by molar-refractivity contribution is 7.25. The van der Waals surface area contributed by atoms with Gasteiger partial charge in [-0.25, -0.2) is 9.97 Å². The zero-order valence-electron chi connectivity index (χ0n) is 12.0. The summed E-state index contributed by atoms with van der Waals surface area (Å²) in [5, 5.41) is 3.28. The Labute approximate surface area is 135 Å². The fraction of sp³-hybridized carbons (Fsp3) is 0. The molecule has 0 amide bonds. The van der Waals surface area contributed by atoms with Crippen molar-refractivity contribution in [3.05, 3.63) is 61.3 Å². The van der Waals surface area contributed by atoms with Crippen molar-refractivity contribution < 1.29 is 0 Å². The molecular weight excluding hydrogens is 304 g/mol. The Balaban J connectivity index is 1.81. The first-order chi connectivity index (χ1) is 11.4. The molecule has 0 aliphatic rings. The molecule has 0 spiro atoms. The van der Waals surface area contributed by atoms with Crippen molar-refractivity contribution in [1.82, 2.24) is 19.9 Å². The molecule has 5 rings (SSSR count). The summed E-state index contributed by atoms with van der Waals surface area (Å²) in [6.45, 7) is 0. The predicted octanol–water partition coefficient (Wildman–Crippen LogP) is 4.45. The third kappa shape index (κ3) is 1.90. The fourth-order valence-electron chi connectivity index (χ4n) is 2.87. The van der Waals surface area contributed by atoms with E-state index in [-0.39, 0.29) is 0 Å². The van der Waals surface area contributed by atoms with Crippen LogP contribution in [0.25, 0.3) is 42.5 Å². The Kier molecular flexibility index (Phi) is 2.63. The summed E-state index contributed by atoms with van der Waals surface area (Å²) in [6, 6.07) is 12.3. The minimum Gasteiger partial charge on any atom is -0.256 e. The molecule has 4 aromatic heterocycles. The lowest BCUT2D eigenvalue weighted by atomic mass is 10.1. The van der Waals surface area contributed by atoms with Crippen molar-refractivity contribution in [2.24, 2.45) is 0 Å². The Morgan fingerprint density at radius 3 is 2.83 bits per heavy atom. The van der Waals surface area contributed by atoms with Gasteiger partial charge >= 0.3 is 0 Å². The van der Waals surface area contributed by atoms with Gasteiger partial charge in [0.15, 0.2) is 0 Å². The summed E-state index contributed by atoms with van der Waals surface area (Å²) in [6.07, 6.45) is 7.16. The summed E-state index contributed by atoms with van der Waals surface area (Å²) < 4.78 is 1.17. The van der Waals surface area contributed by atoms with Crippen molar-refractivity contribution in [2.75, 3.05) is 0 Å². The molecule has 4 nitrogen and oxygen atoms in total. The van der Waals surface area contributed by atoms with E-state index < -0.39 is 0 Å². The van der Waals surface area contributed by atoms with Gasteiger partial charge in [-0.3, -0.25) is 9.97 Å².